The summed E-state index contributed by atoms with van der Waals surface area (Å²) in [6.07, 6.45) is 10.1. The lowest BCUT2D eigenvalue weighted by molar-refractivity contribution is -0.143. The molecule has 3 aliphatic heterocycles. The number of rotatable bonds is 3. The van der Waals surface area contributed by atoms with E-state index in [0.29, 0.717) is 24.6 Å². The van der Waals surface area contributed by atoms with Crippen molar-refractivity contribution in [3.8, 4) is 0 Å². The third kappa shape index (κ3) is 4.53. The number of nitrogens with zero attached hydrogens (tertiary/aromatic N) is 3. The van der Waals surface area contributed by atoms with E-state index in [4.69, 9.17) is 0 Å². The summed E-state index contributed by atoms with van der Waals surface area (Å²) in [6, 6.07) is 9.24. The minimum Gasteiger partial charge on any atom is -0.342 e. The Morgan fingerprint density at radius 3 is 2.09 bits per heavy atom. The number of amides is 3. The Morgan fingerprint density at radius 2 is 1.36 bits per heavy atom. The number of hydrogen-bond acceptors (Lipinski definition) is 3. The Labute approximate surface area is 197 Å². The second kappa shape index (κ2) is 9.86. The highest BCUT2D eigenvalue weighted by molar-refractivity contribution is 5.98. The minimum atomic E-state index is -0.361. The van der Waals surface area contributed by atoms with Crippen molar-refractivity contribution in [2.75, 3.05) is 26.2 Å². The number of carbonyl (C=O) groups excluding carboxylic acids is 3. The Hall–Kier alpha value is -2.37. The second-order valence-corrected chi connectivity index (χ2v) is 10.4. The third-order valence-electron chi connectivity index (χ3n) is 8.45. The molecule has 178 valence electrons. The van der Waals surface area contributed by atoms with Crippen LogP contribution in [0.5, 0.6) is 0 Å². The molecule has 0 N–H and O–H groups in total. The van der Waals surface area contributed by atoms with Gasteiger partial charge in [-0.05, 0) is 69.4 Å². The molecule has 1 saturated carbocycles. The molecule has 0 radical (unpaired) electrons. The zero-order valence-corrected chi connectivity index (χ0v) is 19.7. The smallest absolute Gasteiger partial charge is 0.254 e. The summed E-state index contributed by atoms with van der Waals surface area (Å²) < 4.78 is 0. The number of hydrogen-bond donors (Lipinski definition) is 0. The van der Waals surface area contributed by atoms with Crippen molar-refractivity contribution < 1.29 is 14.4 Å². The fraction of sp³-hybridized carbons (Fsp3) is 0.667. The molecular weight excluding hydrogens is 414 g/mol. The average molecular weight is 452 g/mol. The highest BCUT2D eigenvalue weighted by Crippen LogP contribution is 2.41. The quantitative estimate of drug-likeness (QED) is 0.704. The number of fused-ring (bicyclic) bond motifs is 1. The molecule has 0 spiro atoms. The Bertz CT molecular complexity index is 859. The maximum Gasteiger partial charge on any atom is 0.254 e. The molecule has 0 aromatic heterocycles. The van der Waals surface area contributed by atoms with Gasteiger partial charge in [-0.2, -0.15) is 0 Å². The van der Waals surface area contributed by atoms with Gasteiger partial charge < -0.3 is 14.7 Å². The highest BCUT2D eigenvalue weighted by atomic mass is 16.2. The van der Waals surface area contributed by atoms with Gasteiger partial charge in [0.2, 0.25) is 11.8 Å². The molecule has 4 fully saturated rings. The minimum absolute atomic E-state index is 0.00138. The number of likely N-dealkylation sites (tertiary alicyclic amines) is 3. The summed E-state index contributed by atoms with van der Waals surface area (Å²) in [5, 5.41) is 0. The van der Waals surface area contributed by atoms with Gasteiger partial charge in [0.1, 0.15) is 6.04 Å². The molecule has 6 heteroatoms. The first-order valence-electron chi connectivity index (χ1n) is 13.1. The summed E-state index contributed by atoms with van der Waals surface area (Å²) in [7, 11) is 0. The van der Waals surface area contributed by atoms with Gasteiger partial charge >= 0.3 is 0 Å². The SMILES string of the molecule is O=C(C1CCN(C(=O)C2CC3CCCCC3N2C(=O)c2ccccc2)CC1)N1CCCCC1. The molecule has 5 rings (SSSR count). The van der Waals surface area contributed by atoms with Crippen LogP contribution in [0, 0.1) is 11.8 Å². The van der Waals surface area contributed by atoms with Crippen molar-refractivity contribution in [3.63, 3.8) is 0 Å². The molecule has 6 nitrogen and oxygen atoms in total. The summed E-state index contributed by atoms with van der Waals surface area (Å²) >= 11 is 0. The van der Waals surface area contributed by atoms with Crippen molar-refractivity contribution in [3.05, 3.63) is 35.9 Å². The van der Waals surface area contributed by atoms with E-state index in [9.17, 15) is 14.4 Å². The molecular formula is C27H37N3O3. The van der Waals surface area contributed by atoms with Crippen molar-refractivity contribution in [2.24, 2.45) is 11.8 Å². The molecule has 3 atom stereocenters. The van der Waals surface area contributed by atoms with E-state index in [2.05, 4.69) is 0 Å². The fourth-order valence-corrected chi connectivity index (χ4v) is 6.63. The van der Waals surface area contributed by atoms with Gasteiger partial charge in [0.25, 0.3) is 5.91 Å². The van der Waals surface area contributed by atoms with Crippen LogP contribution in [-0.4, -0.2) is 70.7 Å². The zero-order valence-electron chi connectivity index (χ0n) is 19.7. The van der Waals surface area contributed by atoms with Crippen LogP contribution in [0.4, 0.5) is 0 Å². The van der Waals surface area contributed by atoms with Gasteiger partial charge in [0.15, 0.2) is 0 Å². The largest absolute Gasteiger partial charge is 0.342 e. The lowest BCUT2D eigenvalue weighted by atomic mass is 9.84. The van der Waals surface area contributed by atoms with Gasteiger partial charge in [0, 0.05) is 43.7 Å². The van der Waals surface area contributed by atoms with Crippen LogP contribution in [0.3, 0.4) is 0 Å². The van der Waals surface area contributed by atoms with E-state index in [1.807, 2.05) is 45.0 Å². The van der Waals surface area contributed by atoms with E-state index in [-0.39, 0.29) is 35.7 Å². The molecule has 3 amide bonds. The van der Waals surface area contributed by atoms with Crippen LogP contribution in [0.2, 0.25) is 0 Å². The maximum atomic E-state index is 13.7. The van der Waals surface area contributed by atoms with Crippen molar-refractivity contribution in [1.29, 1.82) is 0 Å². The van der Waals surface area contributed by atoms with Crippen molar-refractivity contribution >= 4 is 17.7 Å². The first-order chi connectivity index (χ1) is 16.1. The van der Waals surface area contributed by atoms with E-state index in [0.717, 1.165) is 64.5 Å². The molecule has 3 saturated heterocycles. The van der Waals surface area contributed by atoms with Crippen LogP contribution >= 0.6 is 0 Å². The topological polar surface area (TPSA) is 60.9 Å². The number of benzene rings is 1. The monoisotopic (exact) mass is 451 g/mol. The van der Waals surface area contributed by atoms with Crippen LogP contribution < -0.4 is 0 Å². The number of piperidine rings is 2. The Morgan fingerprint density at radius 1 is 0.697 bits per heavy atom. The zero-order chi connectivity index (χ0) is 22.8. The summed E-state index contributed by atoms with van der Waals surface area (Å²) in [4.78, 5) is 46.1. The van der Waals surface area contributed by atoms with Crippen LogP contribution in [-0.2, 0) is 9.59 Å². The molecule has 0 bridgehead atoms. The van der Waals surface area contributed by atoms with Crippen LogP contribution in [0.1, 0.15) is 74.6 Å². The van der Waals surface area contributed by atoms with Gasteiger partial charge in [0.05, 0.1) is 0 Å². The summed E-state index contributed by atoms with van der Waals surface area (Å²) in [6.45, 7) is 3.03. The molecule has 3 heterocycles. The third-order valence-corrected chi connectivity index (χ3v) is 8.45. The average Bonchev–Trinajstić information content (AvgIpc) is 3.28. The van der Waals surface area contributed by atoms with E-state index in [1.54, 1.807) is 0 Å². The van der Waals surface area contributed by atoms with Crippen LogP contribution in [0.15, 0.2) is 30.3 Å². The van der Waals surface area contributed by atoms with Crippen molar-refractivity contribution in [2.45, 2.75) is 76.3 Å². The molecule has 4 aliphatic rings. The summed E-state index contributed by atoms with van der Waals surface area (Å²) in [5.74, 6) is 0.851. The lowest BCUT2D eigenvalue weighted by Gasteiger charge is -2.38. The van der Waals surface area contributed by atoms with Gasteiger partial charge in [-0.15, -0.1) is 0 Å². The first-order valence-corrected chi connectivity index (χ1v) is 13.1. The molecule has 1 aromatic rings. The van der Waals surface area contributed by atoms with Crippen molar-refractivity contribution in [1.82, 2.24) is 14.7 Å². The lowest BCUT2D eigenvalue weighted by Crippen LogP contribution is -2.53. The second-order valence-electron chi connectivity index (χ2n) is 10.4. The summed E-state index contributed by atoms with van der Waals surface area (Å²) in [5.41, 5.74) is 0.673. The Kier molecular flexibility index (Phi) is 6.70. The predicted octanol–water partition coefficient (Wildman–Crippen LogP) is 3.71. The number of carbonyl (C=O) groups is 3. The fourth-order valence-electron chi connectivity index (χ4n) is 6.63. The molecule has 1 aliphatic carbocycles. The van der Waals surface area contributed by atoms with Crippen LogP contribution in [0.25, 0.3) is 0 Å². The molecule has 3 unspecified atom stereocenters. The van der Waals surface area contributed by atoms with E-state index >= 15 is 0 Å². The normalized spacial score (nSPS) is 28.5. The molecule has 1 aromatic carbocycles. The predicted molar refractivity (Wildman–Crippen MR) is 126 cm³/mol. The van der Waals surface area contributed by atoms with Gasteiger partial charge in [-0.3, -0.25) is 14.4 Å². The maximum absolute atomic E-state index is 13.7. The molecule has 33 heavy (non-hydrogen) atoms. The Balaban J connectivity index is 1.27. The van der Waals surface area contributed by atoms with E-state index < -0.39 is 0 Å². The highest BCUT2D eigenvalue weighted by Gasteiger charge is 2.49. The van der Waals surface area contributed by atoms with Gasteiger partial charge in [-0.1, -0.05) is 31.0 Å². The standard InChI is InChI=1S/C27H37N3O3/c31-25(28-15-7-2-8-16-28)21-13-17-29(18-14-21)27(33)24-19-22-11-5-6-12-23(22)30(24)26(32)20-9-3-1-4-10-20/h1,3-4,9-10,21-24H,2,5-8,11-19H2. The van der Waals surface area contributed by atoms with Gasteiger partial charge in [-0.25, -0.2) is 0 Å². The van der Waals surface area contributed by atoms with E-state index in [1.165, 1.54) is 12.8 Å². The first kappa shape index (κ1) is 22.4.